The number of piperidine rings is 1. The maximum absolute atomic E-state index is 11.6. The monoisotopic (exact) mass is 268 g/mol. The van der Waals surface area contributed by atoms with Crippen LogP contribution in [0.1, 0.15) is 31.4 Å². The summed E-state index contributed by atoms with van der Waals surface area (Å²) in [5, 5.41) is 3.49. The lowest BCUT2D eigenvalue weighted by Crippen LogP contribution is -2.31. The third-order valence-corrected chi connectivity index (χ3v) is 4.95. The number of benzene rings is 1. The van der Waals surface area contributed by atoms with Crippen LogP contribution in [0.3, 0.4) is 0 Å². The van der Waals surface area contributed by atoms with Gasteiger partial charge in [-0.3, -0.25) is 0 Å². The zero-order valence-corrected chi connectivity index (χ0v) is 11.6. The maximum Gasteiger partial charge on any atom is 0.240 e. The molecule has 0 aromatic heterocycles. The summed E-state index contributed by atoms with van der Waals surface area (Å²) >= 11 is 0. The van der Waals surface area contributed by atoms with Gasteiger partial charge < -0.3 is 5.32 Å². The Hall–Kier alpha value is -0.910. The van der Waals surface area contributed by atoms with E-state index >= 15 is 0 Å². The van der Waals surface area contributed by atoms with Crippen molar-refractivity contribution in [1.29, 1.82) is 0 Å². The molecular formula is C13H20N2O2S. The Morgan fingerprint density at radius 1 is 1.22 bits per heavy atom. The summed E-state index contributed by atoms with van der Waals surface area (Å²) in [6.45, 7) is 3.27. The van der Waals surface area contributed by atoms with Gasteiger partial charge in [0.25, 0.3) is 0 Å². The van der Waals surface area contributed by atoms with Gasteiger partial charge in [-0.1, -0.05) is 19.1 Å². The molecule has 1 aromatic carbocycles. The molecule has 0 unspecified atom stereocenters. The fraction of sp³-hybridized carbons (Fsp3) is 0.538. The van der Waals surface area contributed by atoms with Crippen LogP contribution in [0.25, 0.3) is 0 Å². The molecule has 0 saturated carbocycles. The van der Waals surface area contributed by atoms with Crippen molar-refractivity contribution in [3.63, 3.8) is 0 Å². The van der Waals surface area contributed by atoms with Gasteiger partial charge in [-0.2, -0.15) is 0 Å². The molecule has 0 bridgehead atoms. The third-order valence-electron chi connectivity index (χ3n) is 3.52. The molecule has 1 aliphatic rings. The molecule has 1 aliphatic heterocycles. The highest BCUT2D eigenvalue weighted by molar-refractivity contribution is 7.89. The first kappa shape index (κ1) is 13.5. The number of sulfonamides is 1. The topological polar surface area (TPSA) is 58.2 Å². The van der Waals surface area contributed by atoms with Gasteiger partial charge in [-0.05, 0) is 50.0 Å². The van der Waals surface area contributed by atoms with Gasteiger partial charge in [-0.15, -0.1) is 0 Å². The van der Waals surface area contributed by atoms with E-state index in [1.54, 1.807) is 12.1 Å². The molecule has 18 heavy (non-hydrogen) atoms. The predicted molar refractivity (Wildman–Crippen MR) is 71.8 cm³/mol. The van der Waals surface area contributed by atoms with Gasteiger partial charge in [0.2, 0.25) is 10.0 Å². The minimum Gasteiger partial charge on any atom is -0.310 e. The summed E-state index contributed by atoms with van der Waals surface area (Å²) in [5.41, 5.74) is 1.16. The van der Waals surface area contributed by atoms with Gasteiger partial charge in [-0.25, -0.2) is 13.1 Å². The van der Waals surface area contributed by atoms with Crippen molar-refractivity contribution >= 4 is 10.0 Å². The van der Waals surface area contributed by atoms with Crippen molar-refractivity contribution in [2.75, 3.05) is 13.6 Å². The molecular weight excluding hydrogens is 248 g/mol. The standard InChI is InChI=1S/C13H20N2O2S/c1-10-3-8-13(15-9-10)11-4-6-12(7-5-11)18(16,17)14-2/h4-7,10,13-15H,3,8-9H2,1-2H3/t10-,13+/m0/s1. The minimum atomic E-state index is -3.32. The Kier molecular flexibility index (Phi) is 4.04. The predicted octanol–water partition coefficient (Wildman–Crippen LogP) is 1.66. The molecule has 1 aromatic rings. The fourth-order valence-corrected chi connectivity index (χ4v) is 3.01. The molecule has 100 valence electrons. The van der Waals surface area contributed by atoms with Crippen LogP contribution < -0.4 is 10.0 Å². The van der Waals surface area contributed by atoms with Crippen molar-refractivity contribution in [3.8, 4) is 0 Å². The van der Waals surface area contributed by atoms with Gasteiger partial charge in [0, 0.05) is 6.04 Å². The van der Waals surface area contributed by atoms with Crippen LogP contribution in [-0.4, -0.2) is 22.0 Å². The number of nitrogens with one attached hydrogen (secondary N) is 2. The summed E-state index contributed by atoms with van der Waals surface area (Å²) in [7, 11) is -1.90. The molecule has 2 N–H and O–H groups in total. The Morgan fingerprint density at radius 2 is 1.89 bits per heavy atom. The van der Waals surface area contributed by atoms with E-state index in [4.69, 9.17) is 0 Å². The molecule has 0 aliphatic carbocycles. The molecule has 1 fully saturated rings. The molecule has 0 radical (unpaired) electrons. The van der Waals surface area contributed by atoms with E-state index in [9.17, 15) is 8.42 Å². The van der Waals surface area contributed by atoms with Gasteiger partial charge in [0.15, 0.2) is 0 Å². The van der Waals surface area contributed by atoms with E-state index in [2.05, 4.69) is 17.0 Å². The quantitative estimate of drug-likeness (QED) is 0.876. The largest absolute Gasteiger partial charge is 0.310 e. The smallest absolute Gasteiger partial charge is 0.240 e. The number of hydrogen-bond acceptors (Lipinski definition) is 3. The van der Waals surface area contributed by atoms with Crippen molar-refractivity contribution in [1.82, 2.24) is 10.0 Å². The molecule has 2 atom stereocenters. The van der Waals surface area contributed by atoms with Crippen molar-refractivity contribution in [3.05, 3.63) is 29.8 Å². The normalized spacial score (nSPS) is 25.0. The average molecular weight is 268 g/mol. The number of rotatable bonds is 3. The summed E-state index contributed by atoms with van der Waals surface area (Å²) in [4.78, 5) is 0.318. The maximum atomic E-state index is 11.6. The highest BCUT2D eigenvalue weighted by atomic mass is 32.2. The highest BCUT2D eigenvalue weighted by Crippen LogP contribution is 2.26. The van der Waals surface area contributed by atoms with Crippen LogP contribution >= 0.6 is 0 Å². The zero-order valence-electron chi connectivity index (χ0n) is 10.8. The van der Waals surface area contributed by atoms with Crippen LogP contribution in [0.2, 0.25) is 0 Å². The first-order valence-corrected chi connectivity index (χ1v) is 7.78. The van der Waals surface area contributed by atoms with Crippen LogP contribution in [-0.2, 0) is 10.0 Å². The SMILES string of the molecule is CNS(=O)(=O)c1ccc([C@H]2CC[C@H](C)CN2)cc1. The molecule has 0 spiro atoms. The third kappa shape index (κ3) is 2.91. The van der Waals surface area contributed by atoms with Crippen LogP contribution in [0.15, 0.2) is 29.2 Å². The van der Waals surface area contributed by atoms with E-state index in [1.165, 1.54) is 13.5 Å². The van der Waals surface area contributed by atoms with Gasteiger partial charge in [0.05, 0.1) is 4.90 Å². The van der Waals surface area contributed by atoms with Gasteiger partial charge in [0.1, 0.15) is 0 Å². The van der Waals surface area contributed by atoms with Gasteiger partial charge >= 0.3 is 0 Å². The van der Waals surface area contributed by atoms with Crippen LogP contribution in [0, 0.1) is 5.92 Å². The molecule has 1 saturated heterocycles. The van der Waals surface area contributed by atoms with E-state index in [-0.39, 0.29) is 0 Å². The van der Waals surface area contributed by atoms with E-state index in [0.29, 0.717) is 10.9 Å². The van der Waals surface area contributed by atoms with Crippen LogP contribution in [0.5, 0.6) is 0 Å². The van der Waals surface area contributed by atoms with Crippen LogP contribution in [0.4, 0.5) is 0 Å². The average Bonchev–Trinajstić information content (AvgIpc) is 2.40. The summed E-state index contributed by atoms with van der Waals surface area (Å²) in [6, 6.07) is 7.49. The minimum absolute atomic E-state index is 0.318. The van der Waals surface area contributed by atoms with E-state index in [1.807, 2.05) is 12.1 Å². The van der Waals surface area contributed by atoms with E-state index in [0.717, 1.165) is 24.4 Å². The Labute approximate surface area is 109 Å². The Bertz CT molecular complexity index is 488. The Balaban J connectivity index is 2.13. The molecule has 1 heterocycles. The summed E-state index contributed by atoms with van der Waals surface area (Å²) in [6.07, 6.45) is 2.33. The van der Waals surface area contributed by atoms with Crippen molar-refractivity contribution in [2.45, 2.75) is 30.7 Å². The molecule has 2 rings (SSSR count). The first-order valence-electron chi connectivity index (χ1n) is 6.30. The molecule has 0 amide bonds. The molecule has 5 heteroatoms. The Morgan fingerprint density at radius 3 is 2.39 bits per heavy atom. The fourth-order valence-electron chi connectivity index (χ4n) is 2.28. The molecule has 4 nitrogen and oxygen atoms in total. The second-order valence-corrected chi connectivity index (χ2v) is 6.81. The second kappa shape index (κ2) is 5.38. The lowest BCUT2D eigenvalue weighted by molar-refractivity contribution is 0.333. The zero-order chi connectivity index (χ0) is 13.2. The first-order chi connectivity index (χ1) is 8.53. The highest BCUT2D eigenvalue weighted by Gasteiger charge is 2.19. The lowest BCUT2D eigenvalue weighted by atomic mass is 9.92. The summed E-state index contributed by atoms with van der Waals surface area (Å²) < 4.78 is 25.5. The van der Waals surface area contributed by atoms with E-state index < -0.39 is 10.0 Å². The van der Waals surface area contributed by atoms with Crippen molar-refractivity contribution < 1.29 is 8.42 Å². The number of hydrogen-bond donors (Lipinski definition) is 2. The lowest BCUT2D eigenvalue weighted by Gasteiger charge is -2.28. The summed E-state index contributed by atoms with van der Waals surface area (Å²) in [5.74, 6) is 0.727. The second-order valence-electron chi connectivity index (χ2n) is 4.92. The van der Waals surface area contributed by atoms with Crippen molar-refractivity contribution in [2.24, 2.45) is 5.92 Å².